The van der Waals surface area contributed by atoms with Crippen molar-refractivity contribution in [3.8, 4) is 0 Å². The summed E-state index contributed by atoms with van der Waals surface area (Å²) in [5, 5.41) is 0. The van der Waals surface area contributed by atoms with E-state index in [9.17, 15) is 8.42 Å². The maximum absolute atomic E-state index is 12.1. The number of likely N-dealkylation sites (tertiary alicyclic amines) is 1. The number of benzene rings is 1. The van der Waals surface area contributed by atoms with Crippen LogP contribution in [0, 0.1) is 5.92 Å². The van der Waals surface area contributed by atoms with Crippen LogP contribution in [0.25, 0.3) is 0 Å². The van der Waals surface area contributed by atoms with Crippen LogP contribution < -0.4 is 10.5 Å². The van der Waals surface area contributed by atoms with Crippen LogP contribution in [0.5, 0.6) is 0 Å². The number of rotatable bonds is 6. The molecule has 3 N–H and O–H groups in total. The summed E-state index contributed by atoms with van der Waals surface area (Å²) in [7, 11) is -3.43. The Balaban J connectivity index is 1.86. The van der Waals surface area contributed by atoms with Crippen molar-refractivity contribution in [3.63, 3.8) is 0 Å². The van der Waals surface area contributed by atoms with Crippen molar-refractivity contribution >= 4 is 15.7 Å². The fourth-order valence-electron chi connectivity index (χ4n) is 2.45. The number of hydrogen-bond donors (Lipinski definition) is 2. The van der Waals surface area contributed by atoms with Gasteiger partial charge in [0.2, 0.25) is 10.0 Å². The van der Waals surface area contributed by atoms with Crippen molar-refractivity contribution in [1.82, 2.24) is 9.62 Å². The van der Waals surface area contributed by atoms with Crippen molar-refractivity contribution in [3.05, 3.63) is 24.3 Å². The number of nitrogen functional groups attached to an aromatic ring is 1. The number of nitrogens with two attached hydrogens (primary N) is 1. The normalized spacial score (nSPS) is 18.2. The number of hydrogen-bond acceptors (Lipinski definition) is 4. The van der Waals surface area contributed by atoms with Crippen LogP contribution in [0.3, 0.4) is 0 Å². The molecule has 0 saturated carbocycles. The highest BCUT2D eigenvalue weighted by atomic mass is 32.2. The Bertz CT molecular complexity index is 522. The van der Waals surface area contributed by atoms with Crippen molar-refractivity contribution in [1.29, 1.82) is 0 Å². The van der Waals surface area contributed by atoms with Gasteiger partial charge in [-0.05, 0) is 56.1 Å². The lowest BCUT2D eigenvalue weighted by Gasteiger charge is -2.20. The van der Waals surface area contributed by atoms with Crippen LogP contribution in [-0.4, -0.2) is 39.5 Å². The number of nitrogens with zero attached hydrogens (tertiary/aromatic N) is 1. The van der Waals surface area contributed by atoms with E-state index in [2.05, 4.69) is 16.5 Å². The van der Waals surface area contributed by atoms with E-state index in [4.69, 9.17) is 5.73 Å². The molecule has 0 radical (unpaired) electrons. The van der Waals surface area contributed by atoms with Gasteiger partial charge in [0, 0.05) is 18.8 Å². The molecule has 1 saturated heterocycles. The molecule has 1 aliphatic heterocycles. The molecule has 1 heterocycles. The van der Waals surface area contributed by atoms with Crippen LogP contribution >= 0.6 is 0 Å². The summed E-state index contributed by atoms with van der Waals surface area (Å²) in [6, 6.07) is 6.26. The molecule has 5 nitrogen and oxygen atoms in total. The van der Waals surface area contributed by atoms with Crippen LogP contribution in [-0.2, 0) is 10.0 Å². The Labute approximate surface area is 121 Å². The van der Waals surface area contributed by atoms with Gasteiger partial charge in [-0.15, -0.1) is 0 Å². The third-order valence-corrected chi connectivity index (χ3v) is 5.02. The zero-order valence-electron chi connectivity index (χ0n) is 11.9. The smallest absolute Gasteiger partial charge is 0.240 e. The molecule has 1 aliphatic rings. The lowest BCUT2D eigenvalue weighted by atomic mass is 10.2. The number of sulfonamides is 1. The summed E-state index contributed by atoms with van der Waals surface area (Å²) in [6.45, 7) is 5.75. The first kappa shape index (κ1) is 15.3. The van der Waals surface area contributed by atoms with E-state index in [0.29, 0.717) is 18.2 Å². The Morgan fingerprint density at radius 1 is 1.25 bits per heavy atom. The number of nitrogens with one attached hydrogen (secondary N) is 1. The van der Waals surface area contributed by atoms with Crippen LogP contribution in [0.4, 0.5) is 5.69 Å². The second kappa shape index (κ2) is 6.56. The molecular weight excluding hydrogens is 274 g/mol. The first-order valence-corrected chi connectivity index (χ1v) is 8.53. The first-order chi connectivity index (χ1) is 9.47. The molecule has 0 aliphatic carbocycles. The highest BCUT2D eigenvalue weighted by Gasteiger charge is 2.18. The lowest BCUT2D eigenvalue weighted by Crippen LogP contribution is -2.34. The molecule has 1 unspecified atom stereocenters. The quantitative estimate of drug-likeness (QED) is 0.776. The minimum Gasteiger partial charge on any atom is -0.399 e. The standard InChI is InChI=1S/C14H23N3O2S/c1-12(11-17-8-2-3-9-17)10-16-20(18,19)14-6-4-13(15)5-7-14/h4-7,12,16H,2-3,8-11,15H2,1H3. The largest absolute Gasteiger partial charge is 0.399 e. The Hall–Kier alpha value is -1.11. The molecule has 0 aromatic heterocycles. The van der Waals surface area contributed by atoms with Gasteiger partial charge in [0.1, 0.15) is 0 Å². The summed E-state index contributed by atoms with van der Waals surface area (Å²) in [6.07, 6.45) is 2.51. The van der Waals surface area contributed by atoms with Crippen LogP contribution in [0.15, 0.2) is 29.2 Å². The molecule has 112 valence electrons. The summed E-state index contributed by atoms with van der Waals surface area (Å²) in [5.41, 5.74) is 6.12. The molecule has 1 aromatic carbocycles. The lowest BCUT2D eigenvalue weighted by molar-refractivity contribution is 0.288. The highest BCUT2D eigenvalue weighted by Crippen LogP contribution is 2.13. The molecule has 20 heavy (non-hydrogen) atoms. The highest BCUT2D eigenvalue weighted by molar-refractivity contribution is 7.89. The van der Waals surface area contributed by atoms with E-state index in [1.807, 2.05) is 0 Å². The minimum atomic E-state index is -3.43. The third kappa shape index (κ3) is 4.19. The maximum atomic E-state index is 12.1. The second-order valence-corrected chi connectivity index (χ2v) is 7.30. The molecule has 0 spiro atoms. The average Bonchev–Trinajstić information content (AvgIpc) is 2.90. The van der Waals surface area contributed by atoms with Crippen LogP contribution in [0.2, 0.25) is 0 Å². The third-order valence-electron chi connectivity index (χ3n) is 3.58. The zero-order chi connectivity index (χ0) is 14.6. The van der Waals surface area contributed by atoms with Crippen molar-refractivity contribution < 1.29 is 8.42 Å². The molecule has 6 heteroatoms. The molecule has 1 atom stereocenters. The van der Waals surface area contributed by atoms with Gasteiger partial charge in [-0.3, -0.25) is 0 Å². The van der Waals surface area contributed by atoms with Gasteiger partial charge in [0.15, 0.2) is 0 Å². The van der Waals surface area contributed by atoms with Crippen molar-refractivity contribution in [2.75, 3.05) is 31.9 Å². The topological polar surface area (TPSA) is 75.4 Å². The van der Waals surface area contributed by atoms with Crippen LogP contribution in [0.1, 0.15) is 19.8 Å². The van der Waals surface area contributed by atoms with Gasteiger partial charge in [-0.2, -0.15) is 0 Å². The van der Waals surface area contributed by atoms with Gasteiger partial charge in [-0.1, -0.05) is 6.92 Å². The SMILES string of the molecule is CC(CNS(=O)(=O)c1ccc(N)cc1)CN1CCCC1. The van der Waals surface area contributed by atoms with Gasteiger partial charge >= 0.3 is 0 Å². The van der Waals surface area contributed by atoms with E-state index in [1.165, 1.54) is 25.0 Å². The summed E-state index contributed by atoms with van der Waals surface area (Å²) in [5.74, 6) is 0.302. The molecule has 0 bridgehead atoms. The predicted octanol–water partition coefficient (Wildman–Crippen LogP) is 1.28. The van der Waals surface area contributed by atoms with E-state index in [0.717, 1.165) is 19.6 Å². The molecular formula is C14H23N3O2S. The Kier molecular flexibility index (Phi) is 5.01. The minimum absolute atomic E-state index is 0.264. The van der Waals surface area contributed by atoms with E-state index < -0.39 is 10.0 Å². The van der Waals surface area contributed by atoms with Gasteiger partial charge in [0.05, 0.1) is 4.90 Å². The zero-order valence-corrected chi connectivity index (χ0v) is 12.7. The van der Waals surface area contributed by atoms with Gasteiger partial charge < -0.3 is 10.6 Å². The molecule has 1 fully saturated rings. The molecule has 0 amide bonds. The summed E-state index contributed by atoms with van der Waals surface area (Å²) >= 11 is 0. The van der Waals surface area contributed by atoms with Gasteiger partial charge in [0.25, 0.3) is 0 Å². The predicted molar refractivity (Wildman–Crippen MR) is 80.9 cm³/mol. The Morgan fingerprint density at radius 3 is 2.45 bits per heavy atom. The summed E-state index contributed by atoms with van der Waals surface area (Å²) in [4.78, 5) is 2.66. The number of anilines is 1. The fourth-order valence-corrected chi connectivity index (χ4v) is 3.62. The maximum Gasteiger partial charge on any atom is 0.240 e. The second-order valence-electron chi connectivity index (χ2n) is 5.53. The van der Waals surface area contributed by atoms with E-state index in [-0.39, 0.29) is 4.90 Å². The average molecular weight is 297 g/mol. The molecule has 2 rings (SSSR count). The molecule has 1 aromatic rings. The fraction of sp³-hybridized carbons (Fsp3) is 0.571. The monoisotopic (exact) mass is 297 g/mol. The summed E-state index contributed by atoms with van der Waals surface area (Å²) < 4.78 is 26.9. The van der Waals surface area contributed by atoms with E-state index >= 15 is 0 Å². The Morgan fingerprint density at radius 2 is 1.85 bits per heavy atom. The van der Waals surface area contributed by atoms with Crippen molar-refractivity contribution in [2.24, 2.45) is 5.92 Å². The van der Waals surface area contributed by atoms with E-state index in [1.54, 1.807) is 12.1 Å². The first-order valence-electron chi connectivity index (χ1n) is 7.05. The van der Waals surface area contributed by atoms with Crippen molar-refractivity contribution in [2.45, 2.75) is 24.7 Å². The van der Waals surface area contributed by atoms with Gasteiger partial charge in [-0.25, -0.2) is 13.1 Å².